The summed E-state index contributed by atoms with van der Waals surface area (Å²) < 4.78 is 10.1. The van der Waals surface area contributed by atoms with E-state index in [9.17, 15) is 29.6 Å². The highest BCUT2D eigenvalue weighted by molar-refractivity contribution is 5.86. The first kappa shape index (κ1) is 23.8. The number of hydrogen-bond donors (Lipinski definition) is 5. The Balaban J connectivity index is 3.19. The Kier molecular flexibility index (Phi) is 8.06. The summed E-state index contributed by atoms with van der Waals surface area (Å²) in [6, 6.07) is 3.39. The Hall–Kier alpha value is -3.22. The van der Waals surface area contributed by atoms with Gasteiger partial charge in [0, 0.05) is 6.07 Å². The van der Waals surface area contributed by atoms with Crippen molar-refractivity contribution in [1.82, 2.24) is 5.32 Å². The van der Waals surface area contributed by atoms with Gasteiger partial charge in [-0.3, -0.25) is 4.79 Å². The zero-order chi connectivity index (χ0) is 22.4. The molecule has 3 atom stereocenters. The first-order chi connectivity index (χ1) is 13.3. The van der Waals surface area contributed by atoms with Crippen LogP contribution in [0.3, 0.4) is 0 Å². The summed E-state index contributed by atoms with van der Waals surface area (Å²) in [5.41, 5.74) is -1.54. The van der Waals surface area contributed by atoms with Crippen molar-refractivity contribution in [3.8, 4) is 0 Å². The van der Waals surface area contributed by atoms with Gasteiger partial charge in [-0.1, -0.05) is 12.1 Å². The predicted octanol–water partition coefficient (Wildman–Crippen LogP) is 0.127. The summed E-state index contributed by atoms with van der Waals surface area (Å²) in [5.74, 6) is -4.21. The molecule has 0 fully saturated rings. The minimum Gasteiger partial charge on any atom is -0.595 e. The number of amides is 1. The minimum absolute atomic E-state index is 0.200. The Bertz CT molecular complexity index is 772. The van der Waals surface area contributed by atoms with Crippen LogP contribution >= 0.6 is 0 Å². The van der Waals surface area contributed by atoms with E-state index in [0.29, 0.717) is 0 Å². The van der Waals surface area contributed by atoms with Crippen LogP contribution in [0.4, 0.5) is 10.5 Å². The molecule has 0 aliphatic rings. The SMILES string of the molecule is CC(C)(C)OC(=O)C(OC(=O)N[C@H](CC(=O)O)C(=O)O)c1ccccc1[NH+]([O-])O. The van der Waals surface area contributed by atoms with Gasteiger partial charge in [0.1, 0.15) is 11.6 Å². The van der Waals surface area contributed by atoms with E-state index in [4.69, 9.17) is 19.7 Å². The van der Waals surface area contributed by atoms with Crippen LogP contribution in [-0.4, -0.2) is 51.1 Å². The van der Waals surface area contributed by atoms with Gasteiger partial charge in [-0.05, 0) is 26.8 Å². The van der Waals surface area contributed by atoms with Crippen LogP contribution in [0.2, 0.25) is 0 Å². The molecule has 2 unspecified atom stereocenters. The fourth-order valence-corrected chi connectivity index (χ4v) is 2.17. The molecule has 0 aromatic heterocycles. The third-order valence-electron chi connectivity index (χ3n) is 3.29. The van der Waals surface area contributed by atoms with Crippen LogP contribution in [0.15, 0.2) is 24.3 Å². The average molecular weight is 414 g/mol. The normalized spacial score (nSPS) is 14.2. The topological polar surface area (TPSA) is 187 Å². The number of alkyl carbamates (subject to hydrolysis) is 1. The van der Waals surface area contributed by atoms with Crippen molar-refractivity contribution in [2.45, 2.75) is 44.9 Å². The number of esters is 1. The number of carboxylic acid groups (broad SMARTS) is 2. The number of carboxylic acids is 2. The fraction of sp³-hybridized carbons (Fsp3) is 0.412. The second kappa shape index (κ2) is 9.82. The molecule has 0 aliphatic heterocycles. The molecule has 1 amide bonds. The number of rotatable bonds is 8. The highest BCUT2D eigenvalue weighted by Gasteiger charge is 2.35. The van der Waals surface area contributed by atoms with E-state index in [0.717, 1.165) is 0 Å². The van der Waals surface area contributed by atoms with Crippen molar-refractivity contribution in [3.63, 3.8) is 0 Å². The number of hydrogen-bond acceptors (Lipinski definition) is 8. The van der Waals surface area contributed by atoms with Crippen molar-refractivity contribution in [2.24, 2.45) is 0 Å². The van der Waals surface area contributed by atoms with Gasteiger partial charge in [0.15, 0.2) is 5.69 Å². The molecule has 1 rings (SSSR count). The number of benzene rings is 1. The predicted molar refractivity (Wildman–Crippen MR) is 94.1 cm³/mol. The molecule has 1 aromatic rings. The zero-order valence-corrected chi connectivity index (χ0v) is 15.9. The Labute approximate surface area is 165 Å². The van der Waals surface area contributed by atoms with Gasteiger partial charge in [0.2, 0.25) is 6.10 Å². The van der Waals surface area contributed by atoms with Crippen LogP contribution in [0.25, 0.3) is 0 Å². The number of carbonyl (C=O) groups excluding carboxylic acids is 2. The van der Waals surface area contributed by atoms with Gasteiger partial charge in [0.05, 0.1) is 12.0 Å². The maximum absolute atomic E-state index is 12.5. The highest BCUT2D eigenvalue weighted by Crippen LogP contribution is 2.26. The first-order valence-corrected chi connectivity index (χ1v) is 8.28. The first-order valence-electron chi connectivity index (χ1n) is 8.28. The number of para-hydroxylation sites is 1. The number of ether oxygens (including phenoxy) is 2. The fourth-order valence-electron chi connectivity index (χ4n) is 2.17. The van der Waals surface area contributed by atoms with E-state index in [2.05, 4.69) is 0 Å². The summed E-state index contributed by atoms with van der Waals surface area (Å²) in [4.78, 5) is 46.5. The Morgan fingerprint density at radius 3 is 2.24 bits per heavy atom. The molecular weight excluding hydrogens is 392 g/mol. The van der Waals surface area contributed by atoms with Gasteiger partial charge >= 0.3 is 24.0 Å². The van der Waals surface area contributed by atoms with Crippen LogP contribution < -0.4 is 10.5 Å². The molecule has 29 heavy (non-hydrogen) atoms. The largest absolute Gasteiger partial charge is 0.595 e. The lowest BCUT2D eigenvalue weighted by molar-refractivity contribution is -0.991. The van der Waals surface area contributed by atoms with E-state index >= 15 is 0 Å². The van der Waals surface area contributed by atoms with E-state index < -0.39 is 53.4 Å². The molecule has 0 aliphatic carbocycles. The highest BCUT2D eigenvalue weighted by atomic mass is 16.8. The molecule has 0 bridgehead atoms. The second-order valence-corrected chi connectivity index (χ2v) is 6.84. The van der Waals surface area contributed by atoms with Crippen molar-refractivity contribution >= 4 is 29.7 Å². The van der Waals surface area contributed by atoms with Crippen LogP contribution in [0.5, 0.6) is 0 Å². The van der Waals surface area contributed by atoms with Crippen molar-refractivity contribution in [2.75, 3.05) is 0 Å². The van der Waals surface area contributed by atoms with E-state index in [1.54, 1.807) is 20.8 Å². The number of nitrogens with one attached hydrogen (secondary N) is 2. The third kappa shape index (κ3) is 7.73. The van der Waals surface area contributed by atoms with Gasteiger partial charge < -0.3 is 30.2 Å². The summed E-state index contributed by atoms with van der Waals surface area (Å²) in [5, 5.41) is 38.9. The molecule has 12 heteroatoms. The molecule has 0 heterocycles. The smallest absolute Gasteiger partial charge is 0.409 e. The summed E-state index contributed by atoms with van der Waals surface area (Å²) in [6.07, 6.45) is -4.21. The lowest BCUT2D eigenvalue weighted by atomic mass is 10.1. The third-order valence-corrected chi connectivity index (χ3v) is 3.29. The van der Waals surface area contributed by atoms with Crippen LogP contribution in [0, 0.1) is 5.21 Å². The zero-order valence-electron chi connectivity index (χ0n) is 15.9. The molecule has 0 radical (unpaired) electrons. The standard InChI is InChI=1S/C17H22N2O10/c1-17(2,3)29-15(24)13(9-6-4-5-7-11(9)19(26)27)28-16(25)18-10(14(22)23)8-12(20)21/h4-7,10,13,19,26H,8H2,1-3H3,(H,18,25)(H,20,21)(H,22,23)/t10-,13?/m1/s1. The van der Waals surface area contributed by atoms with E-state index in [1.807, 2.05) is 5.32 Å². The van der Waals surface area contributed by atoms with Gasteiger partial charge in [-0.2, -0.15) is 5.23 Å². The number of quaternary nitrogens is 1. The Morgan fingerprint density at radius 1 is 1.17 bits per heavy atom. The van der Waals surface area contributed by atoms with Gasteiger partial charge in [0.25, 0.3) is 0 Å². The number of aliphatic carboxylic acids is 2. The second-order valence-electron chi connectivity index (χ2n) is 6.84. The van der Waals surface area contributed by atoms with E-state index in [1.165, 1.54) is 24.3 Å². The molecule has 12 nitrogen and oxygen atoms in total. The van der Waals surface area contributed by atoms with Crippen LogP contribution in [-0.2, 0) is 23.9 Å². The monoisotopic (exact) mass is 414 g/mol. The summed E-state index contributed by atoms with van der Waals surface area (Å²) >= 11 is 0. The maximum Gasteiger partial charge on any atom is 0.409 e. The quantitative estimate of drug-likeness (QED) is 0.289. The van der Waals surface area contributed by atoms with Crippen molar-refractivity contribution in [3.05, 3.63) is 35.0 Å². The van der Waals surface area contributed by atoms with Gasteiger partial charge in [-0.15, -0.1) is 0 Å². The van der Waals surface area contributed by atoms with Crippen molar-refractivity contribution < 1.29 is 49.3 Å². The molecule has 0 saturated heterocycles. The molecular formula is C17H22N2O10. The molecule has 5 N–H and O–H groups in total. The van der Waals surface area contributed by atoms with Crippen molar-refractivity contribution in [1.29, 1.82) is 0 Å². The molecule has 160 valence electrons. The minimum atomic E-state index is -1.83. The van der Waals surface area contributed by atoms with E-state index in [-0.39, 0.29) is 11.3 Å². The molecule has 0 saturated carbocycles. The number of carbonyl (C=O) groups is 4. The Morgan fingerprint density at radius 2 is 1.76 bits per heavy atom. The summed E-state index contributed by atoms with van der Waals surface area (Å²) in [7, 11) is 0. The molecule has 0 spiro atoms. The average Bonchev–Trinajstić information content (AvgIpc) is 2.57. The summed E-state index contributed by atoms with van der Waals surface area (Å²) in [6.45, 7) is 4.62. The molecule has 1 aromatic carbocycles. The lowest BCUT2D eigenvalue weighted by Crippen LogP contribution is -2.99. The van der Waals surface area contributed by atoms with Gasteiger partial charge in [-0.25, -0.2) is 19.6 Å². The van der Waals surface area contributed by atoms with Crippen LogP contribution in [0.1, 0.15) is 38.9 Å². The lowest BCUT2D eigenvalue weighted by Gasteiger charge is -2.26. The maximum atomic E-state index is 12.5.